The van der Waals surface area contributed by atoms with Crippen LogP contribution in [0.4, 0.5) is 10.1 Å². The number of anilines is 1. The number of aromatic nitrogens is 5. The zero-order valence-corrected chi connectivity index (χ0v) is 35.4. The summed E-state index contributed by atoms with van der Waals surface area (Å²) in [5.74, 6) is -3.20. The fourth-order valence-corrected chi connectivity index (χ4v) is 9.93. The maximum absolute atomic E-state index is 14.8. The molecule has 8 rings (SSSR count). The van der Waals surface area contributed by atoms with Crippen LogP contribution in [0.2, 0.25) is 5.02 Å². The summed E-state index contributed by atoms with van der Waals surface area (Å²) in [6.07, 6.45) is 1.66. The topological polar surface area (TPSA) is 169 Å². The fraction of sp³-hybridized carbons (Fsp3) is 0.333. The van der Waals surface area contributed by atoms with Crippen LogP contribution in [0.3, 0.4) is 0 Å². The van der Waals surface area contributed by atoms with E-state index in [0.29, 0.717) is 38.1 Å². The highest BCUT2D eigenvalue weighted by Gasteiger charge is 2.66. The van der Waals surface area contributed by atoms with Crippen molar-refractivity contribution in [3.63, 3.8) is 0 Å². The summed E-state index contributed by atoms with van der Waals surface area (Å²) >= 11 is 13.1. The van der Waals surface area contributed by atoms with Gasteiger partial charge in [-0.05, 0) is 80.6 Å². The fourth-order valence-electron chi connectivity index (χ4n) is 8.80. The number of amides is 2. The van der Waals surface area contributed by atoms with Crippen LogP contribution < -0.4 is 36.0 Å². The number of phenols is 1. The van der Waals surface area contributed by atoms with Crippen molar-refractivity contribution in [2.45, 2.75) is 44.8 Å². The van der Waals surface area contributed by atoms with E-state index in [-0.39, 0.29) is 58.3 Å². The van der Waals surface area contributed by atoms with Crippen LogP contribution in [-0.4, -0.2) is 61.7 Å². The van der Waals surface area contributed by atoms with E-state index in [1.54, 1.807) is 38.2 Å². The predicted molar refractivity (Wildman–Crippen MR) is 217 cm³/mol. The van der Waals surface area contributed by atoms with Crippen LogP contribution in [-0.2, 0) is 36.1 Å². The van der Waals surface area contributed by atoms with Gasteiger partial charge in [-0.2, -0.15) is 0 Å². The van der Waals surface area contributed by atoms with Crippen molar-refractivity contribution >= 4 is 72.0 Å². The largest absolute Gasteiger partial charge is 0.503 e. The number of halogens is 4. The molecule has 19 heteroatoms. The van der Waals surface area contributed by atoms with Crippen LogP contribution in [0.15, 0.2) is 71.4 Å². The molecule has 2 fully saturated rings. The van der Waals surface area contributed by atoms with Gasteiger partial charge in [0.25, 0.3) is 5.56 Å². The number of hydrogen-bond acceptors (Lipinski definition) is 10. The smallest absolute Gasteiger partial charge is 0.347 e. The van der Waals surface area contributed by atoms with Crippen LogP contribution in [0, 0.1) is 17.2 Å². The summed E-state index contributed by atoms with van der Waals surface area (Å²) in [5, 5.41) is 10.6. The molecule has 0 spiro atoms. The van der Waals surface area contributed by atoms with Gasteiger partial charge < -0.3 is 23.9 Å². The van der Waals surface area contributed by atoms with Crippen LogP contribution in [0.1, 0.15) is 36.6 Å². The lowest BCUT2D eigenvalue weighted by Gasteiger charge is -2.47. The first-order valence-corrected chi connectivity index (χ1v) is 19.9. The number of rotatable bonds is 8. The number of ether oxygens (including phenoxy) is 3. The Kier molecular flexibility index (Phi) is 9.74. The van der Waals surface area contributed by atoms with Crippen molar-refractivity contribution in [2.24, 2.45) is 18.4 Å². The molecule has 1 N–H and O–H groups in total. The number of carbonyl (C=O) groups is 2. The summed E-state index contributed by atoms with van der Waals surface area (Å²) in [6, 6.07) is 7.51. The molecule has 2 aliphatic heterocycles. The molecule has 1 aliphatic carbocycles. The third kappa shape index (κ3) is 5.61. The number of hydrogen-bond donors (Lipinski definition) is 1. The lowest BCUT2D eigenvalue weighted by molar-refractivity contribution is -0.129. The quantitative estimate of drug-likeness (QED) is 0.161. The molecular formula is C39H34Br2ClFN6O9. The predicted octanol–water partition coefficient (Wildman–Crippen LogP) is 5.21. The van der Waals surface area contributed by atoms with Crippen LogP contribution in [0.5, 0.6) is 23.0 Å². The zero-order chi connectivity index (χ0) is 41.7. The SMILES string of the molecule is COc1cc2nc(CCn3c(=O)n4n(c3=O)[C@@H]3C[C@H]5C(=O)N(c6ccc(F)c(Cl)c6)C(=O)[C@@]5(C)[C@@H](c5cc(OC)c(O)c(Br)c5Br)C3=CC4)c(=O)n(C)c2cc1OC. The number of imide groups is 1. The number of aromatic hydroxyl groups is 1. The van der Waals surface area contributed by atoms with Crippen molar-refractivity contribution in [1.29, 1.82) is 0 Å². The Labute approximate surface area is 350 Å². The highest BCUT2D eigenvalue weighted by molar-refractivity contribution is 9.13. The number of fused-ring (bicyclic) bond motifs is 5. The van der Waals surface area contributed by atoms with E-state index in [4.69, 9.17) is 25.8 Å². The van der Waals surface area contributed by atoms with E-state index < -0.39 is 57.9 Å². The van der Waals surface area contributed by atoms with Crippen LogP contribution >= 0.6 is 43.5 Å². The van der Waals surface area contributed by atoms with Crippen molar-refractivity contribution < 1.29 is 33.3 Å². The Bertz CT molecular complexity index is 2850. The second-order valence-electron chi connectivity index (χ2n) is 14.5. The molecule has 302 valence electrons. The van der Waals surface area contributed by atoms with Gasteiger partial charge in [0, 0.05) is 42.5 Å². The molecule has 0 radical (unpaired) electrons. The lowest BCUT2D eigenvalue weighted by Crippen LogP contribution is -2.49. The van der Waals surface area contributed by atoms with Gasteiger partial charge in [0.05, 0.1) is 71.5 Å². The molecule has 4 heterocycles. The average molecular weight is 945 g/mol. The van der Waals surface area contributed by atoms with Crippen molar-refractivity contribution in [3.05, 3.63) is 110 Å². The second-order valence-corrected chi connectivity index (χ2v) is 16.5. The molecule has 2 amide bonds. The molecule has 4 atom stereocenters. The third-order valence-electron chi connectivity index (χ3n) is 11.7. The van der Waals surface area contributed by atoms with E-state index in [1.807, 2.05) is 0 Å². The minimum Gasteiger partial charge on any atom is -0.503 e. The number of allylic oxidation sites excluding steroid dienone is 2. The molecule has 1 saturated heterocycles. The van der Waals surface area contributed by atoms with Crippen molar-refractivity contribution in [1.82, 2.24) is 23.5 Å². The van der Waals surface area contributed by atoms with E-state index in [1.165, 1.54) is 47.4 Å². The van der Waals surface area contributed by atoms with Crippen molar-refractivity contribution in [3.8, 4) is 23.0 Å². The summed E-state index contributed by atoms with van der Waals surface area (Å²) in [7, 11) is 5.92. The van der Waals surface area contributed by atoms with Gasteiger partial charge in [0.15, 0.2) is 23.0 Å². The number of benzene rings is 3. The van der Waals surface area contributed by atoms with Gasteiger partial charge in [-0.1, -0.05) is 17.7 Å². The molecule has 15 nitrogen and oxygen atoms in total. The third-order valence-corrected chi connectivity index (χ3v) is 14.2. The van der Waals surface area contributed by atoms with Gasteiger partial charge in [0.2, 0.25) is 11.8 Å². The van der Waals surface area contributed by atoms with Gasteiger partial charge >= 0.3 is 11.4 Å². The minimum atomic E-state index is -1.49. The summed E-state index contributed by atoms with van der Waals surface area (Å²) < 4.78 is 36.2. The normalized spacial score (nSPS) is 21.2. The summed E-state index contributed by atoms with van der Waals surface area (Å²) in [4.78, 5) is 76.9. The maximum atomic E-state index is 14.8. The van der Waals surface area contributed by atoms with E-state index in [0.717, 1.165) is 15.5 Å². The molecular weight excluding hydrogens is 911 g/mol. The first kappa shape index (κ1) is 39.6. The first-order chi connectivity index (χ1) is 27.6. The number of aryl methyl sites for hydroxylation is 2. The number of carbonyl (C=O) groups excluding carboxylic acids is 2. The highest BCUT2D eigenvalue weighted by atomic mass is 79.9. The molecule has 2 aromatic heterocycles. The lowest BCUT2D eigenvalue weighted by atomic mass is 9.56. The summed E-state index contributed by atoms with van der Waals surface area (Å²) in [5.41, 5.74) is -1.09. The Morgan fingerprint density at radius 1 is 0.966 bits per heavy atom. The molecule has 3 aliphatic rings. The molecule has 0 unspecified atom stereocenters. The van der Waals surface area contributed by atoms with Gasteiger partial charge in [-0.3, -0.25) is 14.4 Å². The zero-order valence-electron chi connectivity index (χ0n) is 31.5. The first-order valence-electron chi connectivity index (χ1n) is 17.9. The highest BCUT2D eigenvalue weighted by Crippen LogP contribution is 2.63. The van der Waals surface area contributed by atoms with E-state index >= 15 is 0 Å². The Balaban J connectivity index is 1.24. The monoisotopic (exact) mass is 942 g/mol. The van der Waals surface area contributed by atoms with E-state index in [2.05, 4.69) is 36.8 Å². The molecule has 58 heavy (non-hydrogen) atoms. The van der Waals surface area contributed by atoms with Gasteiger partial charge in [-0.15, -0.1) is 0 Å². The van der Waals surface area contributed by atoms with Gasteiger partial charge in [-0.25, -0.2) is 37.8 Å². The van der Waals surface area contributed by atoms with Gasteiger partial charge in [0.1, 0.15) is 11.5 Å². The number of phenolic OH excluding ortho intramolecular Hbond substituents is 1. The molecule has 1 saturated carbocycles. The van der Waals surface area contributed by atoms with Crippen molar-refractivity contribution in [2.75, 3.05) is 26.2 Å². The molecule has 0 bridgehead atoms. The van der Waals surface area contributed by atoms with Crippen LogP contribution in [0.25, 0.3) is 11.0 Å². The second kappa shape index (κ2) is 14.3. The molecule has 5 aromatic rings. The Morgan fingerprint density at radius 3 is 2.33 bits per heavy atom. The average Bonchev–Trinajstić information content (AvgIpc) is 3.57. The maximum Gasteiger partial charge on any atom is 0.347 e. The standard InChI is InChI=1S/C39H34Br2ClFN6O9/c1-39-20(34(51)48(36(39)53)17-6-7-22(43)21(42)12-17)14-25-18(30(39)19-13-29(58-5)33(50)32(41)31(19)40)8-11-47-37(54)46(38(55)49(25)47)10-9-23-35(52)45(2)26-16-28(57-4)27(56-3)15-24(26)44-23/h6-8,12-13,15-16,20,25,30,50H,9-11,14H2,1-5H3/t20-,25+,30+,39+/m0/s1. The van der Waals surface area contributed by atoms with E-state index in [9.17, 15) is 33.5 Å². The minimum absolute atomic E-state index is 0.0513. The molecule has 3 aromatic carbocycles. The Hall–Kier alpha value is -5.20. The summed E-state index contributed by atoms with van der Waals surface area (Å²) in [6.45, 7) is 1.42. The Morgan fingerprint density at radius 2 is 1.66 bits per heavy atom. The number of methoxy groups -OCH3 is 3. The number of nitrogens with zero attached hydrogens (tertiary/aromatic N) is 6.